The van der Waals surface area contributed by atoms with Crippen molar-refractivity contribution in [2.24, 2.45) is 5.73 Å². The average Bonchev–Trinajstić information content (AvgIpc) is 2.34. The van der Waals surface area contributed by atoms with Crippen LogP contribution in [0.1, 0.15) is 18.4 Å². The quantitative estimate of drug-likeness (QED) is 0.880. The van der Waals surface area contributed by atoms with Gasteiger partial charge in [0.15, 0.2) is 5.60 Å². The largest absolute Gasteiger partial charge is 0.379 e. The van der Waals surface area contributed by atoms with Crippen LogP contribution < -0.4 is 5.73 Å². The Morgan fingerprint density at radius 1 is 1.58 bits per heavy atom. The van der Waals surface area contributed by atoms with Gasteiger partial charge in [0.05, 0.1) is 0 Å². The number of rotatable bonds is 3. The van der Waals surface area contributed by atoms with Gasteiger partial charge in [0, 0.05) is 23.1 Å². The Morgan fingerprint density at radius 2 is 2.32 bits per heavy atom. The number of likely N-dealkylation sites (tertiary alicyclic amines) is 1. The highest BCUT2D eigenvalue weighted by molar-refractivity contribution is 9.10. The molecule has 0 aliphatic carbocycles. The number of carbonyl (C=O) groups is 1. The van der Waals surface area contributed by atoms with Crippen LogP contribution >= 0.6 is 15.9 Å². The Labute approximate surface area is 119 Å². The molecular weight excluding hydrogens is 315 g/mol. The van der Waals surface area contributed by atoms with Crippen molar-refractivity contribution in [3.8, 4) is 0 Å². The van der Waals surface area contributed by atoms with Gasteiger partial charge < -0.3 is 10.8 Å². The van der Waals surface area contributed by atoms with Crippen molar-refractivity contribution in [2.75, 3.05) is 13.1 Å². The molecular formula is C13H16BrFN2O2. The van der Waals surface area contributed by atoms with E-state index in [2.05, 4.69) is 15.9 Å². The first-order valence-electron chi connectivity index (χ1n) is 6.10. The Hall–Kier alpha value is -0.980. The summed E-state index contributed by atoms with van der Waals surface area (Å²) in [6, 6.07) is 4.78. The van der Waals surface area contributed by atoms with E-state index in [9.17, 15) is 14.3 Å². The van der Waals surface area contributed by atoms with Crippen molar-refractivity contribution < 1.29 is 14.3 Å². The average molecular weight is 331 g/mol. The van der Waals surface area contributed by atoms with E-state index in [1.54, 1.807) is 12.1 Å². The fraction of sp³-hybridized carbons (Fsp3) is 0.462. The monoisotopic (exact) mass is 330 g/mol. The third kappa shape index (κ3) is 3.13. The zero-order chi connectivity index (χ0) is 14.0. The van der Waals surface area contributed by atoms with Crippen LogP contribution in [0.5, 0.6) is 0 Å². The van der Waals surface area contributed by atoms with Gasteiger partial charge in [-0.2, -0.15) is 0 Å². The first-order valence-corrected chi connectivity index (χ1v) is 6.89. The maximum Gasteiger partial charge on any atom is 0.250 e. The van der Waals surface area contributed by atoms with Crippen molar-refractivity contribution in [1.29, 1.82) is 0 Å². The van der Waals surface area contributed by atoms with Gasteiger partial charge in [-0.15, -0.1) is 0 Å². The summed E-state index contributed by atoms with van der Waals surface area (Å²) in [5.41, 5.74) is 4.24. The van der Waals surface area contributed by atoms with Gasteiger partial charge in [0.25, 0.3) is 5.91 Å². The molecule has 1 aliphatic heterocycles. The molecule has 0 spiro atoms. The van der Waals surface area contributed by atoms with E-state index in [1.165, 1.54) is 6.07 Å². The van der Waals surface area contributed by atoms with E-state index >= 15 is 0 Å². The summed E-state index contributed by atoms with van der Waals surface area (Å²) in [5, 5.41) is 10.1. The van der Waals surface area contributed by atoms with Crippen LogP contribution in [0, 0.1) is 5.82 Å². The first kappa shape index (κ1) is 14.4. The lowest BCUT2D eigenvalue weighted by atomic mass is 9.92. The molecule has 19 heavy (non-hydrogen) atoms. The Morgan fingerprint density at radius 3 is 2.95 bits per heavy atom. The number of primary amides is 1. The molecule has 0 aromatic heterocycles. The molecule has 0 radical (unpaired) electrons. The number of carbonyl (C=O) groups excluding carboxylic acids is 1. The van der Waals surface area contributed by atoms with Crippen LogP contribution in [-0.2, 0) is 11.3 Å². The molecule has 1 unspecified atom stereocenters. The second-order valence-corrected chi connectivity index (χ2v) is 5.76. The third-order valence-electron chi connectivity index (χ3n) is 3.45. The maximum atomic E-state index is 13.7. The van der Waals surface area contributed by atoms with Crippen LogP contribution in [0.25, 0.3) is 0 Å². The van der Waals surface area contributed by atoms with Crippen LogP contribution in [0.15, 0.2) is 22.7 Å². The zero-order valence-electron chi connectivity index (χ0n) is 10.4. The highest BCUT2D eigenvalue weighted by atomic mass is 79.9. The van der Waals surface area contributed by atoms with E-state index in [4.69, 9.17) is 5.73 Å². The molecule has 0 saturated carbocycles. The number of nitrogens with zero attached hydrogens (tertiary/aromatic N) is 1. The number of piperidine rings is 1. The van der Waals surface area contributed by atoms with Crippen molar-refractivity contribution >= 4 is 21.8 Å². The summed E-state index contributed by atoms with van der Waals surface area (Å²) in [6.45, 7) is 1.18. The molecule has 1 fully saturated rings. The van der Waals surface area contributed by atoms with Gasteiger partial charge in [0.2, 0.25) is 0 Å². The van der Waals surface area contributed by atoms with E-state index in [0.717, 1.165) is 0 Å². The minimum atomic E-state index is -1.50. The molecule has 4 nitrogen and oxygen atoms in total. The molecule has 1 atom stereocenters. The van der Waals surface area contributed by atoms with Crippen molar-refractivity contribution in [3.05, 3.63) is 34.1 Å². The summed E-state index contributed by atoms with van der Waals surface area (Å²) in [6.07, 6.45) is 1.02. The molecule has 3 N–H and O–H groups in total. The molecule has 1 saturated heterocycles. The smallest absolute Gasteiger partial charge is 0.250 e. The molecule has 1 aromatic rings. The SMILES string of the molecule is NC(=O)C1(O)CCCN(Cc2c(F)cccc2Br)C1. The second kappa shape index (κ2) is 5.56. The standard InChI is InChI=1S/C13H16BrFN2O2/c14-10-3-1-4-11(15)9(10)7-17-6-2-5-13(19,8-17)12(16)18/h1,3-4,19H,2,5-8H2,(H2,16,18). The Bertz CT molecular complexity index is 477. The number of aliphatic hydroxyl groups is 1. The highest BCUT2D eigenvalue weighted by Gasteiger charge is 2.38. The lowest BCUT2D eigenvalue weighted by molar-refractivity contribution is -0.142. The summed E-state index contributed by atoms with van der Waals surface area (Å²) < 4.78 is 14.4. The third-order valence-corrected chi connectivity index (χ3v) is 4.19. The van der Waals surface area contributed by atoms with Gasteiger partial charge in [0.1, 0.15) is 5.82 Å². The zero-order valence-corrected chi connectivity index (χ0v) is 12.0. The number of hydrogen-bond acceptors (Lipinski definition) is 3. The van der Waals surface area contributed by atoms with E-state index < -0.39 is 11.5 Å². The molecule has 1 heterocycles. The highest BCUT2D eigenvalue weighted by Crippen LogP contribution is 2.26. The first-order chi connectivity index (χ1) is 8.92. The van der Waals surface area contributed by atoms with Crippen LogP contribution in [0.2, 0.25) is 0 Å². The Balaban J connectivity index is 2.13. The van der Waals surface area contributed by atoms with Crippen LogP contribution in [0.4, 0.5) is 4.39 Å². The van der Waals surface area contributed by atoms with Gasteiger partial charge in [-0.25, -0.2) is 4.39 Å². The fourth-order valence-electron chi connectivity index (χ4n) is 2.37. The van der Waals surface area contributed by atoms with Gasteiger partial charge in [-0.3, -0.25) is 9.69 Å². The Kier molecular flexibility index (Phi) is 4.23. The molecule has 6 heteroatoms. The predicted molar refractivity (Wildman–Crippen MR) is 72.8 cm³/mol. The van der Waals surface area contributed by atoms with E-state index in [1.807, 2.05) is 4.90 Å². The number of β-amino-alcohol motifs (C(OH)–C–C–N with tert-alkyl or cyclic N) is 1. The summed E-state index contributed by atoms with van der Waals surface area (Å²) in [7, 11) is 0. The summed E-state index contributed by atoms with van der Waals surface area (Å²) in [4.78, 5) is 13.1. The summed E-state index contributed by atoms with van der Waals surface area (Å²) >= 11 is 3.31. The number of halogens is 2. The topological polar surface area (TPSA) is 66.6 Å². The second-order valence-electron chi connectivity index (χ2n) is 4.91. The van der Waals surface area contributed by atoms with Crippen LogP contribution in [-0.4, -0.2) is 34.6 Å². The molecule has 1 aromatic carbocycles. The molecule has 0 bridgehead atoms. The van der Waals surface area contributed by atoms with Crippen molar-refractivity contribution in [1.82, 2.24) is 4.90 Å². The van der Waals surface area contributed by atoms with Crippen molar-refractivity contribution in [3.63, 3.8) is 0 Å². The van der Waals surface area contributed by atoms with Gasteiger partial charge >= 0.3 is 0 Å². The van der Waals surface area contributed by atoms with Crippen LogP contribution in [0.3, 0.4) is 0 Å². The van der Waals surface area contributed by atoms with Gasteiger partial charge in [-0.05, 0) is 31.5 Å². The predicted octanol–water partition coefficient (Wildman–Crippen LogP) is 1.40. The van der Waals surface area contributed by atoms with Crippen molar-refractivity contribution in [2.45, 2.75) is 25.0 Å². The van der Waals surface area contributed by atoms with E-state index in [0.29, 0.717) is 36.0 Å². The molecule has 2 rings (SSSR count). The lowest BCUT2D eigenvalue weighted by Crippen LogP contribution is -2.55. The molecule has 1 amide bonds. The normalized spacial score (nSPS) is 24.4. The lowest BCUT2D eigenvalue weighted by Gasteiger charge is -2.37. The van der Waals surface area contributed by atoms with E-state index in [-0.39, 0.29) is 12.4 Å². The number of amides is 1. The minimum Gasteiger partial charge on any atom is -0.379 e. The number of hydrogen-bond donors (Lipinski definition) is 2. The number of nitrogens with two attached hydrogens (primary N) is 1. The maximum absolute atomic E-state index is 13.7. The summed E-state index contributed by atoms with van der Waals surface area (Å²) in [5.74, 6) is -1.02. The minimum absolute atomic E-state index is 0.142. The molecule has 1 aliphatic rings. The molecule has 104 valence electrons. The number of benzene rings is 1. The fourth-order valence-corrected chi connectivity index (χ4v) is 2.83. The van der Waals surface area contributed by atoms with Gasteiger partial charge in [-0.1, -0.05) is 22.0 Å².